The number of alkyl halides is 3. The number of benzene rings is 2. The van der Waals surface area contributed by atoms with E-state index in [9.17, 15) is 32.3 Å². The number of halogens is 4. The zero-order valence-electron chi connectivity index (χ0n) is 28.8. The maximum atomic E-state index is 15.7. The highest BCUT2D eigenvalue weighted by Gasteiger charge is 2.45. The van der Waals surface area contributed by atoms with Crippen molar-refractivity contribution >= 4 is 39.4 Å². The summed E-state index contributed by atoms with van der Waals surface area (Å²) in [7, 11) is 2.91. The maximum Gasteiger partial charge on any atom is 0.411 e. The fraction of sp³-hybridized carbons (Fsp3) is 0.333. The first-order valence-electron chi connectivity index (χ1n) is 16.4. The molecule has 2 atom stereocenters. The zero-order valence-corrected chi connectivity index (χ0v) is 28.8. The minimum Gasteiger partial charge on any atom is -0.462 e. The molecule has 1 aliphatic rings. The van der Waals surface area contributed by atoms with E-state index in [1.165, 1.54) is 62.4 Å². The number of nitrogens with zero attached hydrogens (tertiary/aromatic N) is 5. The fourth-order valence-electron chi connectivity index (χ4n) is 6.42. The van der Waals surface area contributed by atoms with Gasteiger partial charge in [-0.15, -0.1) is 0 Å². The number of aryl methyl sites for hydroxylation is 2. The summed E-state index contributed by atoms with van der Waals surface area (Å²) >= 11 is 0. The average Bonchev–Trinajstić information content (AvgIpc) is 3.13. The van der Waals surface area contributed by atoms with Crippen molar-refractivity contribution in [1.82, 2.24) is 24.4 Å². The molecule has 278 valence electrons. The van der Waals surface area contributed by atoms with E-state index in [1.54, 1.807) is 18.2 Å². The number of fused-ring (bicyclic) bond motifs is 2. The molecule has 0 unspecified atom stereocenters. The highest BCUT2D eigenvalue weighted by Crippen LogP contribution is 2.33. The molecule has 3 aromatic heterocycles. The van der Waals surface area contributed by atoms with E-state index in [-0.39, 0.29) is 60.6 Å². The molecule has 1 N–H and O–H groups in total. The summed E-state index contributed by atoms with van der Waals surface area (Å²) in [6.07, 6.45) is -0.522. The van der Waals surface area contributed by atoms with E-state index < -0.39 is 59.4 Å². The first-order chi connectivity index (χ1) is 25.3. The summed E-state index contributed by atoms with van der Waals surface area (Å²) in [6.45, 7) is 0.500. The van der Waals surface area contributed by atoms with E-state index in [0.717, 1.165) is 15.5 Å². The molecule has 1 aliphatic heterocycles. The Morgan fingerprint density at radius 3 is 2.62 bits per heavy atom. The number of amides is 1. The minimum atomic E-state index is -4.65. The molecule has 0 spiro atoms. The van der Waals surface area contributed by atoms with E-state index >= 15 is 4.39 Å². The molecule has 17 heteroatoms. The summed E-state index contributed by atoms with van der Waals surface area (Å²) in [5.41, 5.74) is -0.539. The summed E-state index contributed by atoms with van der Waals surface area (Å²) in [6, 6.07) is 6.58. The fourth-order valence-corrected chi connectivity index (χ4v) is 6.42. The van der Waals surface area contributed by atoms with Crippen LogP contribution in [0.15, 0.2) is 70.6 Å². The van der Waals surface area contributed by atoms with Gasteiger partial charge in [-0.1, -0.05) is 12.1 Å². The highest BCUT2D eigenvalue weighted by molar-refractivity contribution is 5.99. The van der Waals surface area contributed by atoms with Crippen molar-refractivity contribution in [3.05, 3.63) is 104 Å². The molecular formula is C36H34F4N6O7. The molecule has 6 rings (SSSR count). The molecule has 2 aromatic carbocycles. The number of hydrogen-bond donors (Lipinski definition) is 1. The Morgan fingerprint density at radius 2 is 1.89 bits per heavy atom. The second kappa shape index (κ2) is 15.1. The Balaban J connectivity index is 1.35. The molecule has 4 heterocycles. The van der Waals surface area contributed by atoms with Gasteiger partial charge in [0, 0.05) is 50.6 Å². The van der Waals surface area contributed by atoms with Crippen LogP contribution in [0.1, 0.15) is 21.5 Å². The number of methoxy groups -OCH3 is 1. The molecule has 0 bridgehead atoms. The quantitative estimate of drug-likeness (QED) is 0.129. The van der Waals surface area contributed by atoms with Crippen LogP contribution in [0, 0.1) is 12.7 Å². The van der Waals surface area contributed by atoms with Crippen LogP contribution in [0.4, 0.5) is 23.2 Å². The van der Waals surface area contributed by atoms with Gasteiger partial charge in [0.25, 0.3) is 11.5 Å². The highest BCUT2D eigenvalue weighted by atomic mass is 19.4. The number of carbonyl (C=O) groups is 2. The van der Waals surface area contributed by atoms with E-state index in [2.05, 4.69) is 15.3 Å². The van der Waals surface area contributed by atoms with E-state index in [1.807, 2.05) is 0 Å². The number of ether oxygens (including phenoxy) is 3. The van der Waals surface area contributed by atoms with Gasteiger partial charge in [0.15, 0.2) is 0 Å². The predicted octanol–water partition coefficient (Wildman–Crippen LogP) is 3.38. The lowest BCUT2D eigenvalue weighted by Crippen LogP contribution is -2.53. The van der Waals surface area contributed by atoms with Crippen molar-refractivity contribution < 1.29 is 41.4 Å². The first kappa shape index (κ1) is 37.1. The molecule has 13 nitrogen and oxygen atoms in total. The van der Waals surface area contributed by atoms with Crippen molar-refractivity contribution in [1.29, 1.82) is 0 Å². The van der Waals surface area contributed by atoms with Gasteiger partial charge in [-0.25, -0.2) is 18.5 Å². The van der Waals surface area contributed by atoms with Gasteiger partial charge >= 0.3 is 17.8 Å². The molecule has 1 fully saturated rings. The van der Waals surface area contributed by atoms with Crippen LogP contribution in [0.5, 0.6) is 0 Å². The average molecular weight is 739 g/mol. The van der Waals surface area contributed by atoms with Crippen molar-refractivity contribution in [2.45, 2.75) is 31.6 Å². The summed E-state index contributed by atoms with van der Waals surface area (Å²) in [4.78, 5) is 63.6. The number of morpholine rings is 1. The number of carbonyl (C=O) groups excluding carboxylic acids is 2. The van der Waals surface area contributed by atoms with Crippen LogP contribution in [0.25, 0.3) is 27.5 Å². The van der Waals surface area contributed by atoms with Gasteiger partial charge in [0.2, 0.25) is 0 Å². The molecule has 1 amide bonds. The first-order valence-corrected chi connectivity index (χ1v) is 16.4. The maximum absolute atomic E-state index is 15.7. The van der Waals surface area contributed by atoms with Crippen LogP contribution in [0.3, 0.4) is 0 Å². The lowest BCUT2D eigenvalue weighted by Gasteiger charge is -2.38. The molecule has 0 aliphatic carbocycles. The number of nitrogens with one attached hydrogen (secondary N) is 1. The Bertz CT molecular complexity index is 2300. The molecule has 0 saturated carbocycles. The Kier molecular flexibility index (Phi) is 10.6. The second-order valence-electron chi connectivity index (χ2n) is 12.4. The number of pyridine rings is 2. The number of esters is 1. The van der Waals surface area contributed by atoms with Gasteiger partial charge in [-0.2, -0.15) is 13.2 Å². The minimum absolute atomic E-state index is 0.000888. The molecule has 0 radical (unpaired) electrons. The van der Waals surface area contributed by atoms with Gasteiger partial charge in [-0.3, -0.25) is 24.1 Å². The van der Waals surface area contributed by atoms with Crippen LogP contribution in [-0.2, 0) is 32.5 Å². The third-order valence-corrected chi connectivity index (χ3v) is 9.04. The van der Waals surface area contributed by atoms with Crippen molar-refractivity contribution in [2.24, 2.45) is 7.05 Å². The Labute approximate surface area is 298 Å². The van der Waals surface area contributed by atoms with Gasteiger partial charge < -0.3 is 24.4 Å². The van der Waals surface area contributed by atoms with Crippen molar-refractivity contribution in [3.8, 4) is 5.69 Å². The molecule has 1 saturated heterocycles. The standard InChI is InChI=1S/C36H34F4N6O7/c1-20-15-22(45-11-12-52-19-29(45)36(38,39)40)17-25(37)30(20)32(47)43-26(34(49)53-14-13-51-3)16-21-6-7-27(31-23(21)5-4-9-42-31)46-33(48)24-8-10-41-18-28(24)44(2)35(46)50/h4-10,15,17-18,26,29H,11-14,16,19H2,1-3H3,(H,43,47)/t26-,29+/m0/s1. The summed E-state index contributed by atoms with van der Waals surface area (Å²) < 4.78 is 74.5. The molecular weight excluding hydrogens is 704 g/mol. The van der Waals surface area contributed by atoms with E-state index in [4.69, 9.17) is 14.2 Å². The van der Waals surface area contributed by atoms with Crippen LogP contribution < -0.4 is 21.5 Å². The number of hydrogen-bond acceptors (Lipinski definition) is 10. The van der Waals surface area contributed by atoms with Gasteiger partial charge in [-0.05, 0) is 48.4 Å². The van der Waals surface area contributed by atoms with Crippen molar-refractivity contribution in [3.63, 3.8) is 0 Å². The number of rotatable bonds is 10. The largest absolute Gasteiger partial charge is 0.462 e. The monoisotopic (exact) mass is 738 g/mol. The van der Waals surface area contributed by atoms with Gasteiger partial charge in [0.05, 0.1) is 53.7 Å². The smallest absolute Gasteiger partial charge is 0.411 e. The zero-order chi connectivity index (χ0) is 38.0. The second-order valence-corrected chi connectivity index (χ2v) is 12.4. The number of anilines is 1. The summed E-state index contributed by atoms with van der Waals surface area (Å²) in [5.74, 6) is -2.97. The topological polar surface area (TPSA) is 147 Å². The van der Waals surface area contributed by atoms with E-state index in [0.29, 0.717) is 16.5 Å². The predicted molar refractivity (Wildman–Crippen MR) is 185 cm³/mol. The lowest BCUT2D eigenvalue weighted by atomic mass is 9.99. The SMILES string of the molecule is COCCOC(=O)[C@H](Cc1ccc(-n2c(=O)c3ccncc3n(C)c2=O)c2ncccc12)NC(=O)c1c(C)cc(N2CCOC[C@@H]2C(F)(F)F)cc1F. The lowest BCUT2D eigenvalue weighted by molar-refractivity contribution is -0.167. The number of aromatic nitrogens is 4. The Morgan fingerprint density at radius 1 is 1.09 bits per heavy atom. The normalized spacial score (nSPS) is 15.5. The third kappa shape index (κ3) is 7.34. The Hall–Kier alpha value is -5.68. The van der Waals surface area contributed by atoms with Crippen molar-refractivity contribution in [2.75, 3.05) is 45.0 Å². The van der Waals surface area contributed by atoms with Crippen LogP contribution >= 0.6 is 0 Å². The van der Waals surface area contributed by atoms with Crippen LogP contribution in [0.2, 0.25) is 0 Å². The molecule has 53 heavy (non-hydrogen) atoms. The van der Waals surface area contributed by atoms with Gasteiger partial charge in [0.1, 0.15) is 24.5 Å². The summed E-state index contributed by atoms with van der Waals surface area (Å²) in [5, 5.41) is 3.22. The molecule has 5 aromatic rings. The van der Waals surface area contributed by atoms with Crippen LogP contribution in [-0.4, -0.2) is 89.3 Å². The third-order valence-electron chi connectivity index (χ3n) is 9.04.